The largest absolute Gasteiger partial charge is 0.497 e. The Hall–Kier alpha value is -3.35. The summed E-state index contributed by atoms with van der Waals surface area (Å²) in [7, 11) is 3.08. The molecule has 1 N–H and O–H groups in total. The molecule has 0 aliphatic rings. The number of fused-ring (bicyclic) bond motifs is 1. The second-order valence-electron chi connectivity index (χ2n) is 6.01. The highest BCUT2D eigenvalue weighted by molar-refractivity contribution is 5.92. The molecule has 0 spiro atoms. The van der Waals surface area contributed by atoms with Crippen molar-refractivity contribution < 1.29 is 14.3 Å². The molecule has 1 heterocycles. The standard InChI is InChI=1S/C20H21N3O4/c1-13-20(25)23(17-7-5-4-6-15(17)21-13)11-10-19(24)22-16-12-14(26-2)8-9-18(16)27-3/h4-9,12H,10-11H2,1-3H3,(H,22,24). The summed E-state index contributed by atoms with van der Waals surface area (Å²) in [6, 6.07) is 12.5. The van der Waals surface area contributed by atoms with Crippen LogP contribution in [0.25, 0.3) is 11.0 Å². The monoisotopic (exact) mass is 367 g/mol. The SMILES string of the molecule is COc1ccc(OC)c(NC(=O)CCn2c(=O)c(C)nc3ccccc32)c1. The van der Waals surface area contributed by atoms with E-state index in [-0.39, 0.29) is 24.4 Å². The van der Waals surface area contributed by atoms with Gasteiger partial charge in [-0.15, -0.1) is 0 Å². The van der Waals surface area contributed by atoms with Crippen LogP contribution < -0.4 is 20.3 Å². The highest BCUT2D eigenvalue weighted by Crippen LogP contribution is 2.29. The average Bonchev–Trinajstić information content (AvgIpc) is 2.68. The van der Waals surface area contributed by atoms with Crippen LogP contribution >= 0.6 is 0 Å². The number of hydrogen-bond acceptors (Lipinski definition) is 5. The van der Waals surface area contributed by atoms with Crippen LogP contribution in [-0.2, 0) is 11.3 Å². The van der Waals surface area contributed by atoms with E-state index in [9.17, 15) is 9.59 Å². The molecule has 0 aliphatic heterocycles. The predicted octanol–water partition coefficient (Wildman–Crippen LogP) is 2.75. The zero-order chi connectivity index (χ0) is 19.4. The lowest BCUT2D eigenvalue weighted by atomic mass is 10.2. The molecule has 0 unspecified atom stereocenters. The fraction of sp³-hybridized carbons (Fsp3) is 0.250. The van der Waals surface area contributed by atoms with E-state index in [1.807, 2.05) is 24.3 Å². The van der Waals surface area contributed by atoms with Crippen molar-refractivity contribution in [3.63, 3.8) is 0 Å². The smallest absolute Gasteiger partial charge is 0.272 e. The lowest BCUT2D eigenvalue weighted by molar-refractivity contribution is -0.116. The topological polar surface area (TPSA) is 82.5 Å². The molecule has 27 heavy (non-hydrogen) atoms. The van der Waals surface area contributed by atoms with Crippen LogP contribution in [0.5, 0.6) is 11.5 Å². The van der Waals surface area contributed by atoms with Gasteiger partial charge in [0, 0.05) is 19.0 Å². The lowest BCUT2D eigenvalue weighted by Gasteiger charge is -2.13. The van der Waals surface area contributed by atoms with E-state index in [1.54, 1.807) is 36.8 Å². The van der Waals surface area contributed by atoms with Gasteiger partial charge >= 0.3 is 0 Å². The highest BCUT2D eigenvalue weighted by atomic mass is 16.5. The number of aryl methyl sites for hydroxylation is 2. The summed E-state index contributed by atoms with van der Waals surface area (Å²) < 4.78 is 12.0. The van der Waals surface area contributed by atoms with Crippen LogP contribution in [0, 0.1) is 6.92 Å². The Bertz CT molecular complexity index is 1040. The third kappa shape index (κ3) is 3.92. The molecule has 140 valence electrons. The Morgan fingerprint density at radius 3 is 2.67 bits per heavy atom. The highest BCUT2D eigenvalue weighted by Gasteiger charge is 2.12. The Morgan fingerprint density at radius 1 is 1.15 bits per heavy atom. The minimum absolute atomic E-state index is 0.133. The van der Waals surface area contributed by atoms with E-state index in [4.69, 9.17) is 9.47 Å². The quantitative estimate of drug-likeness (QED) is 0.724. The third-order valence-electron chi connectivity index (χ3n) is 4.26. The molecule has 0 fully saturated rings. The molecule has 1 amide bonds. The zero-order valence-corrected chi connectivity index (χ0v) is 15.5. The van der Waals surface area contributed by atoms with Gasteiger partial charge in [0.1, 0.15) is 17.2 Å². The van der Waals surface area contributed by atoms with Gasteiger partial charge < -0.3 is 19.4 Å². The number of rotatable bonds is 6. The molecule has 0 aliphatic carbocycles. The van der Waals surface area contributed by atoms with Gasteiger partial charge in [-0.2, -0.15) is 0 Å². The van der Waals surface area contributed by atoms with Crippen molar-refractivity contribution in [1.29, 1.82) is 0 Å². The van der Waals surface area contributed by atoms with Crippen molar-refractivity contribution >= 4 is 22.6 Å². The van der Waals surface area contributed by atoms with E-state index < -0.39 is 0 Å². The van der Waals surface area contributed by atoms with Gasteiger partial charge in [-0.1, -0.05) is 12.1 Å². The van der Waals surface area contributed by atoms with E-state index >= 15 is 0 Å². The van der Waals surface area contributed by atoms with Crippen LogP contribution in [-0.4, -0.2) is 29.7 Å². The number of ether oxygens (including phenoxy) is 2. The first-order valence-corrected chi connectivity index (χ1v) is 8.51. The molecule has 0 saturated carbocycles. The summed E-state index contributed by atoms with van der Waals surface area (Å²) in [6.45, 7) is 1.92. The van der Waals surface area contributed by atoms with Crippen LogP contribution in [0.4, 0.5) is 5.69 Å². The van der Waals surface area contributed by atoms with Gasteiger partial charge in [0.15, 0.2) is 0 Å². The van der Waals surface area contributed by atoms with Crippen molar-refractivity contribution in [2.24, 2.45) is 0 Å². The van der Waals surface area contributed by atoms with Crippen molar-refractivity contribution in [1.82, 2.24) is 9.55 Å². The first-order chi connectivity index (χ1) is 13.0. The number of hydrogen-bond donors (Lipinski definition) is 1. The molecule has 0 radical (unpaired) electrons. The number of amides is 1. The molecule has 7 nitrogen and oxygen atoms in total. The number of para-hydroxylation sites is 2. The maximum Gasteiger partial charge on any atom is 0.272 e. The van der Waals surface area contributed by atoms with Crippen LogP contribution in [0.2, 0.25) is 0 Å². The molecule has 0 saturated heterocycles. The summed E-state index contributed by atoms with van der Waals surface area (Å²) in [6.07, 6.45) is 0.133. The van der Waals surface area contributed by atoms with E-state index in [0.717, 1.165) is 5.52 Å². The number of carbonyl (C=O) groups is 1. The Labute approximate surface area is 156 Å². The van der Waals surface area contributed by atoms with Crippen molar-refractivity contribution in [2.75, 3.05) is 19.5 Å². The number of carbonyl (C=O) groups excluding carboxylic acids is 1. The fourth-order valence-corrected chi connectivity index (χ4v) is 2.88. The van der Waals surface area contributed by atoms with E-state index in [1.165, 1.54) is 7.11 Å². The Balaban J connectivity index is 1.80. The number of nitrogens with one attached hydrogen (secondary N) is 1. The van der Waals surface area contributed by atoms with Crippen molar-refractivity contribution in [3.05, 3.63) is 58.5 Å². The van der Waals surface area contributed by atoms with Crippen molar-refractivity contribution in [3.8, 4) is 11.5 Å². The second kappa shape index (κ2) is 7.90. The van der Waals surface area contributed by atoms with Gasteiger partial charge in [0.25, 0.3) is 5.56 Å². The number of anilines is 1. The minimum atomic E-state index is -0.230. The Kier molecular flexibility index (Phi) is 5.40. The average molecular weight is 367 g/mol. The molecular weight excluding hydrogens is 346 g/mol. The lowest BCUT2D eigenvalue weighted by Crippen LogP contribution is -2.26. The summed E-state index contributed by atoms with van der Waals surface area (Å²) in [5, 5.41) is 2.81. The van der Waals surface area contributed by atoms with Crippen LogP contribution in [0.1, 0.15) is 12.1 Å². The van der Waals surface area contributed by atoms with E-state index in [2.05, 4.69) is 10.3 Å². The normalized spacial score (nSPS) is 10.6. The summed E-state index contributed by atoms with van der Waals surface area (Å²) >= 11 is 0. The fourth-order valence-electron chi connectivity index (χ4n) is 2.88. The van der Waals surface area contributed by atoms with Gasteiger partial charge in [-0.25, -0.2) is 4.98 Å². The number of nitrogens with zero attached hydrogens (tertiary/aromatic N) is 2. The molecule has 3 aromatic rings. The van der Waals surface area contributed by atoms with Crippen LogP contribution in [0.15, 0.2) is 47.3 Å². The van der Waals surface area contributed by atoms with Gasteiger partial charge in [-0.05, 0) is 31.2 Å². The minimum Gasteiger partial charge on any atom is -0.497 e. The molecule has 1 aromatic heterocycles. The van der Waals surface area contributed by atoms with Gasteiger partial charge in [-0.3, -0.25) is 9.59 Å². The van der Waals surface area contributed by atoms with Gasteiger partial charge in [0.2, 0.25) is 5.91 Å². The number of benzene rings is 2. The number of methoxy groups -OCH3 is 2. The third-order valence-corrected chi connectivity index (χ3v) is 4.26. The van der Waals surface area contributed by atoms with Crippen molar-refractivity contribution in [2.45, 2.75) is 19.9 Å². The summed E-state index contributed by atoms with van der Waals surface area (Å²) in [5.41, 5.74) is 2.17. The molecule has 0 atom stereocenters. The van der Waals surface area contributed by atoms with Gasteiger partial charge in [0.05, 0.1) is 30.9 Å². The first kappa shape index (κ1) is 18.4. The Morgan fingerprint density at radius 2 is 1.93 bits per heavy atom. The predicted molar refractivity (Wildman–Crippen MR) is 104 cm³/mol. The molecular formula is C20H21N3O4. The molecule has 0 bridgehead atoms. The molecule has 2 aromatic carbocycles. The summed E-state index contributed by atoms with van der Waals surface area (Å²) in [4.78, 5) is 29.2. The van der Waals surface area contributed by atoms with E-state index in [0.29, 0.717) is 28.4 Å². The maximum atomic E-state index is 12.5. The maximum absolute atomic E-state index is 12.5. The number of aromatic nitrogens is 2. The zero-order valence-electron chi connectivity index (χ0n) is 15.5. The molecule has 3 rings (SSSR count). The first-order valence-electron chi connectivity index (χ1n) is 8.51. The second-order valence-corrected chi connectivity index (χ2v) is 6.01. The summed E-state index contributed by atoms with van der Waals surface area (Å²) in [5.74, 6) is 0.914. The molecule has 7 heteroatoms. The van der Waals surface area contributed by atoms with Crippen LogP contribution in [0.3, 0.4) is 0 Å².